The average Bonchev–Trinajstić information content (AvgIpc) is 2.87. The number of aliphatic hydroxyl groups excluding tert-OH is 3. The number of rotatable bonds is 14. The summed E-state index contributed by atoms with van der Waals surface area (Å²) >= 11 is 0. The standard InChI is InChI=1S/C22H40O5/c1-3-4-9-16(2)14-17(23)12-13-19-18(20(24)15-21(19)25)10-7-5-6-8-11-22(26)27/h12-13,16-21,23-25H,3-11,14-15H2,1-2H3,(H,26,27)/b13-12+/t16-,17+,18+,19-,20-,21+/m0/s1. The van der Waals surface area contributed by atoms with Gasteiger partial charge in [0.05, 0.1) is 18.3 Å². The molecule has 0 aromatic heterocycles. The smallest absolute Gasteiger partial charge is 0.303 e. The second-order valence-corrected chi connectivity index (χ2v) is 8.39. The Morgan fingerprint density at radius 2 is 1.81 bits per heavy atom. The van der Waals surface area contributed by atoms with Gasteiger partial charge >= 0.3 is 5.97 Å². The van der Waals surface area contributed by atoms with Crippen LogP contribution in [0, 0.1) is 17.8 Å². The molecule has 0 spiro atoms. The van der Waals surface area contributed by atoms with E-state index < -0.39 is 24.3 Å². The number of unbranched alkanes of at least 4 members (excludes halogenated alkanes) is 4. The van der Waals surface area contributed by atoms with Gasteiger partial charge < -0.3 is 20.4 Å². The first kappa shape index (κ1) is 24.1. The highest BCUT2D eigenvalue weighted by Crippen LogP contribution is 2.37. The Kier molecular flexibility index (Phi) is 11.9. The maximum absolute atomic E-state index is 10.5. The van der Waals surface area contributed by atoms with E-state index in [2.05, 4.69) is 13.8 Å². The van der Waals surface area contributed by atoms with E-state index in [9.17, 15) is 20.1 Å². The molecule has 0 aliphatic heterocycles. The van der Waals surface area contributed by atoms with Crippen molar-refractivity contribution >= 4 is 5.97 Å². The van der Waals surface area contributed by atoms with Crippen molar-refractivity contribution in [2.75, 3.05) is 0 Å². The van der Waals surface area contributed by atoms with E-state index in [1.807, 2.05) is 6.08 Å². The molecule has 0 aromatic carbocycles. The van der Waals surface area contributed by atoms with Gasteiger partial charge in [-0.1, -0.05) is 64.5 Å². The van der Waals surface area contributed by atoms with Crippen LogP contribution in [0.15, 0.2) is 12.2 Å². The maximum atomic E-state index is 10.5. The molecule has 1 saturated carbocycles. The highest BCUT2D eigenvalue weighted by Gasteiger charge is 2.39. The van der Waals surface area contributed by atoms with Crippen LogP contribution in [0.1, 0.15) is 84.5 Å². The van der Waals surface area contributed by atoms with Gasteiger partial charge in [0, 0.05) is 18.8 Å². The molecule has 0 aromatic rings. The number of hydrogen-bond donors (Lipinski definition) is 4. The largest absolute Gasteiger partial charge is 0.481 e. The topological polar surface area (TPSA) is 98.0 Å². The van der Waals surface area contributed by atoms with Gasteiger partial charge in [-0.25, -0.2) is 0 Å². The minimum Gasteiger partial charge on any atom is -0.481 e. The number of aliphatic carboxylic acids is 1. The number of carboxylic acid groups (broad SMARTS) is 1. The van der Waals surface area contributed by atoms with E-state index in [0.29, 0.717) is 18.8 Å². The zero-order valence-corrected chi connectivity index (χ0v) is 17.1. The fraction of sp³-hybridized carbons (Fsp3) is 0.864. The lowest BCUT2D eigenvalue weighted by Gasteiger charge is -2.21. The van der Waals surface area contributed by atoms with Crippen molar-refractivity contribution in [2.24, 2.45) is 17.8 Å². The second-order valence-electron chi connectivity index (χ2n) is 8.39. The molecule has 158 valence electrons. The molecule has 0 bridgehead atoms. The van der Waals surface area contributed by atoms with Crippen molar-refractivity contribution in [3.8, 4) is 0 Å². The Balaban J connectivity index is 2.42. The zero-order chi connectivity index (χ0) is 20.2. The minimum absolute atomic E-state index is 0.0143. The minimum atomic E-state index is -0.753. The van der Waals surface area contributed by atoms with Crippen LogP contribution in [-0.4, -0.2) is 44.7 Å². The van der Waals surface area contributed by atoms with Gasteiger partial charge in [0.2, 0.25) is 0 Å². The van der Waals surface area contributed by atoms with E-state index >= 15 is 0 Å². The van der Waals surface area contributed by atoms with Crippen molar-refractivity contribution in [3.05, 3.63) is 12.2 Å². The van der Waals surface area contributed by atoms with Gasteiger partial charge in [-0.05, 0) is 31.1 Å². The molecule has 0 unspecified atom stereocenters. The summed E-state index contributed by atoms with van der Waals surface area (Å²) in [7, 11) is 0. The van der Waals surface area contributed by atoms with E-state index in [0.717, 1.165) is 38.5 Å². The molecule has 5 nitrogen and oxygen atoms in total. The lowest BCUT2D eigenvalue weighted by atomic mass is 9.87. The molecule has 0 amide bonds. The summed E-state index contributed by atoms with van der Waals surface area (Å²) in [6.45, 7) is 4.33. The Morgan fingerprint density at radius 1 is 1.11 bits per heavy atom. The fourth-order valence-corrected chi connectivity index (χ4v) is 4.20. The third-order valence-electron chi connectivity index (χ3n) is 5.84. The molecular formula is C22H40O5. The van der Waals surface area contributed by atoms with Crippen LogP contribution < -0.4 is 0 Å². The summed E-state index contributed by atoms with van der Waals surface area (Å²) in [6, 6.07) is 0. The van der Waals surface area contributed by atoms with Crippen LogP contribution in [0.3, 0.4) is 0 Å². The van der Waals surface area contributed by atoms with Crippen molar-refractivity contribution < 1.29 is 25.2 Å². The number of aliphatic hydroxyl groups is 3. The van der Waals surface area contributed by atoms with Gasteiger partial charge in [0.15, 0.2) is 0 Å². The van der Waals surface area contributed by atoms with E-state index in [4.69, 9.17) is 5.11 Å². The van der Waals surface area contributed by atoms with Gasteiger partial charge in [0.25, 0.3) is 0 Å². The molecule has 6 atom stereocenters. The summed E-state index contributed by atoms with van der Waals surface area (Å²) in [5.74, 6) is -0.373. The first-order chi connectivity index (χ1) is 12.8. The van der Waals surface area contributed by atoms with Crippen molar-refractivity contribution in [1.29, 1.82) is 0 Å². The lowest BCUT2D eigenvalue weighted by molar-refractivity contribution is -0.137. The van der Waals surface area contributed by atoms with E-state index in [-0.39, 0.29) is 18.3 Å². The Morgan fingerprint density at radius 3 is 2.48 bits per heavy atom. The normalized spacial score (nSPS) is 27.9. The van der Waals surface area contributed by atoms with Crippen LogP contribution in [-0.2, 0) is 4.79 Å². The maximum Gasteiger partial charge on any atom is 0.303 e. The lowest BCUT2D eigenvalue weighted by Crippen LogP contribution is -2.21. The van der Waals surface area contributed by atoms with Crippen molar-refractivity contribution in [2.45, 2.75) is 103 Å². The van der Waals surface area contributed by atoms with Crippen LogP contribution >= 0.6 is 0 Å². The monoisotopic (exact) mass is 384 g/mol. The second kappa shape index (κ2) is 13.3. The molecule has 1 fully saturated rings. The third kappa shape index (κ3) is 9.72. The zero-order valence-electron chi connectivity index (χ0n) is 17.1. The first-order valence-electron chi connectivity index (χ1n) is 10.8. The predicted molar refractivity (Wildman–Crippen MR) is 107 cm³/mol. The van der Waals surface area contributed by atoms with Crippen molar-refractivity contribution in [3.63, 3.8) is 0 Å². The molecule has 27 heavy (non-hydrogen) atoms. The van der Waals surface area contributed by atoms with Crippen LogP contribution in [0.2, 0.25) is 0 Å². The summed E-state index contributed by atoms with van der Waals surface area (Å²) < 4.78 is 0. The first-order valence-corrected chi connectivity index (χ1v) is 10.8. The van der Waals surface area contributed by atoms with Crippen LogP contribution in [0.5, 0.6) is 0 Å². The molecule has 1 aliphatic carbocycles. The van der Waals surface area contributed by atoms with Gasteiger partial charge in [0.1, 0.15) is 0 Å². The SMILES string of the molecule is CCCC[C@H](C)C[C@H](O)/C=C/[C@H]1[C@@H](CCCCCCC(=O)O)[C@@H](O)C[C@H]1O. The average molecular weight is 385 g/mol. The Bertz CT molecular complexity index is 436. The van der Waals surface area contributed by atoms with Crippen LogP contribution in [0.25, 0.3) is 0 Å². The molecule has 0 heterocycles. The van der Waals surface area contributed by atoms with Gasteiger partial charge in [-0.2, -0.15) is 0 Å². The molecule has 4 N–H and O–H groups in total. The molecule has 1 rings (SSSR count). The summed E-state index contributed by atoms with van der Waals surface area (Å²) in [5, 5.41) is 39.5. The van der Waals surface area contributed by atoms with Gasteiger partial charge in [-0.3, -0.25) is 4.79 Å². The molecule has 0 radical (unpaired) electrons. The number of carboxylic acids is 1. The molecule has 1 aliphatic rings. The quantitative estimate of drug-likeness (QED) is 0.269. The Labute approximate surface area is 164 Å². The predicted octanol–water partition coefficient (Wildman–Crippen LogP) is 3.90. The summed E-state index contributed by atoms with van der Waals surface area (Å²) in [5.41, 5.74) is 0. The van der Waals surface area contributed by atoms with E-state index in [1.165, 1.54) is 12.8 Å². The number of carbonyl (C=O) groups is 1. The molecule has 5 heteroatoms. The van der Waals surface area contributed by atoms with Gasteiger partial charge in [-0.15, -0.1) is 0 Å². The summed E-state index contributed by atoms with van der Waals surface area (Å²) in [6.07, 6.45) is 11.2. The van der Waals surface area contributed by atoms with Crippen molar-refractivity contribution in [1.82, 2.24) is 0 Å². The molecule has 0 saturated heterocycles. The molecular weight excluding hydrogens is 344 g/mol. The number of hydrogen-bond acceptors (Lipinski definition) is 4. The third-order valence-corrected chi connectivity index (χ3v) is 5.84. The van der Waals surface area contributed by atoms with E-state index in [1.54, 1.807) is 6.08 Å². The summed E-state index contributed by atoms with van der Waals surface area (Å²) in [4.78, 5) is 10.5. The fourth-order valence-electron chi connectivity index (χ4n) is 4.20. The van der Waals surface area contributed by atoms with Crippen LogP contribution in [0.4, 0.5) is 0 Å². The highest BCUT2D eigenvalue weighted by atomic mass is 16.4. The highest BCUT2D eigenvalue weighted by molar-refractivity contribution is 5.66. The Hall–Kier alpha value is -0.910.